The van der Waals surface area contributed by atoms with Gasteiger partial charge in [-0.3, -0.25) is 9.36 Å². The van der Waals surface area contributed by atoms with Crippen molar-refractivity contribution in [1.29, 1.82) is 0 Å². The largest absolute Gasteiger partial charge is 0.493 e. The third-order valence-corrected chi connectivity index (χ3v) is 7.23. The third kappa shape index (κ3) is 3.64. The summed E-state index contributed by atoms with van der Waals surface area (Å²) in [6.45, 7) is 4.66. The number of furan rings is 1. The Morgan fingerprint density at radius 3 is 2.45 bits per heavy atom. The van der Waals surface area contributed by atoms with Crippen LogP contribution in [0, 0.1) is 5.41 Å². The molecule has 6 nitrogen and oxygen atoms in total. The smallest absolute Gasteiger partial charge is 0.342 e. The Labute approximate surface area is 169 Å². The zero-order valence-electron chi connectivity index (χ0n) is 16.6. The van der Waals surface area contributed by atoms with Crippen molar-refractivity contribution >= 4 is 24.9 Å². The highest BCUT2D eigenvalue weighted by atomic mass is 31.2. The number of benzene rings is 2. The van der Waals surface area contributed by atoms with Gasteiger partial charge in [-0.25, -0.2) is 0 Å². The Bertz CT molecular complexity index is 1070. The van der Waals surface area contributed by atoms with E-state index >= 15 is 0 Å². The average Bonchev–Trinajstić information content (AvgIpc) is 3.14. The normalized spacial score (nSPS) is 19.0. The molecule has 2 aromatic carbocycles. The predicted molar refractivity (Wildman–Crippen MR) is 110 cm³/mol. The molecule has 1 aromatic heterocycles. The van der Waals surface area contributed by atoms with Crippen LogP contribution in [0.2, 0.25) is 0 Å². The van der Waals surface area contributed by atoms with Gasteiger partial charge in [0.25, 0.3) is 0 Å². The van der Waals surface area contributed by atoms with Gasteiger partial charge in [0.05, 0.1) is 26.6 Å². The molecule has 0 saturated carbocycles. The molecule has 0 radical (unpaired) electrons. The quantitative estimate of drug-likeness (QED) is 0.399. The van der Waals surface area contributed by atoms with E-state index in [4.69, 9.17) is 18.2 Å². The lowest BCUT2D eigenvalue weighted by Crippen LogP contribution is -2.30. The Hall–Kier alpha value is -2.40. The van der Waals surface area contributed by atoms with Crippen LogP contribution in [-0.2, 0) is 13.6 Å². The lowest BCUT2D eigenvalue weighted by molar-refractivity contribution is 0.0391. The van der Waals surface area contributed by atoms with E-state index in [1.807, 2.05) is 44.2 Å². The van der Waals surface area contributed by atoms with Crippen LogP contribution in [0.1, 0.15) is 41.0 Å². The molecule has 0 N–H and O–H groups in total. The standard InChI is InChI=1S/C22H23O6P/c1-22(2)13-27-29(24,28-14-22)21(16-7-5-4-6-8-16)18-12-26-20-17(18)9-15(11-23)10-19(20)25-3/h4-12,21H,13-14H2,1-3H3. The second-order valence-corrected chi connectivity index (χ2v) is 10.1. The van der Waals surface area contributed by atoms with Gasteiger partial charge in [-0.2, -0.15) is 0 Å². The molecule has 29 heavy (non-hydrogen) atoms. The number of carbonyl (C=O) groups is 1. The molecule has 0 aliphatic carbocycles. The summed E-state index contributed by atoms with van der Waals surface area (Å²) >= 11 is 0. The van der Waals surface area contributed by atoms with E-state index < -0.39 is 13.3 Å². The summed E-state index contributed by atoms with van der Waals surface area (Å²) in [4.78, 5) is 11.4. The van der Waals surface area contributed by atoms with E-state index in [2.05, 4.69) is 0 Å². The average molecular weight is 414 g/mol. The Morgan fingerprint density at radius 1 is 1.14 bits per heavy atom. The van der Waals surface area contributed by atoms with E-state index in [1.54, 1.807) is 18.4 Å². The molecule has 2 heterocycles. The zero-order chi connectivity index (χ0) is 20.6. The molecule has 152 valence electrons. The molecule has 0 spiro atoms. The number of fused-ring (bicyclic) bond motifs is 1. The third-order valence-electron chi connectivity index (χ3n) is 5.04. The SMILES string of the molecule is COc1cc(C=O)cc2c(C(c3ccccc3)P3(=O)OCC(C)(C)CO3)coc12. The minimum atomic E-state index is -3.55. The molecule has 1 atom stereocenters. The minimum Gasteiger partial charge on any atom is -0.493 e. The first-order valence-electron chi connectivity index (χ1n) is 9.35. The first-order valence-corrected chi connectivity index (χ1v) is 11.0. The summed E-state index contributed by atoms with van der Waals surface area (Å²) in [5, 5.41) is 0.646. The number of hydrogen-bond donors (Lipinski definition) is 0. The van der Waals surface area contributed by atoms with Crippen molar-refractivity contribution in [2.24, 2.45) is 5.41 Å². The fourth-order valence-corrected chi connectivity index (χ4v) is 6.01. The van der Waals surface area contributed by atoms with Crippen LogP contribution in [0.3, 0.4) is 0 Å². The summed E-state index contributed by atoms with van der Waals surface area (Å²) in [7, 11) is -2.04. The van der Waals surface area contributed by atoms with Crippen LogP contribution in [0.25, 0.3) is 11.0 Å². The van der Waals surface area contributed by atoms with Gasteiger partial charge in [-0.1, -0.05) is 44.2 Å². The molecule has 1 aliphatic heterocycles. The first kappa shape index (κ1) is 19.9. The molecule has 0 amide bonds. The van der Waals surface area contributed by atoms with Crippen LogP contribution in [0.4, 0.5) is 0 Å². The van der Waals surface area contributed by atoms with E-state index in [1.165, 1.54) is 7.11 Å². The maximum absolute atomic E-state index is 13.9. The number of rotatable bonds is 5. The van der Waals surface area contributed by atoms with Gasteiger partial charge in [0, 0.05) is 21.9 Å². The van der Waals surface area contributed by atoms with Gasteiger partial charge in [0.15, 0.2) is 11.3 Å². The summed E-state index contributed by atoms with van der Waals surface area (Å²) in [5.74, 6) is 0.438. The van der Waals surface area contributed by atoms with Crippen molar-refractivity contribution in [1.82, 2.24) is 0 Å². The van der Waals surface area contributed by atoms with E-state index in [9.17, 15) is 9.36 Å². The van der Waals surface area contributed by atoms with Crippen molar-refractivity contribution in [2.45, 2.75) is 19.5 Å². The number of methoxy groups -OCH3 is 1. The van der Waals surface area contributed by atoms with Crippen molar-refractivity contribution in [3.63, 3.8) is 0 Å². The highest BCUT2D eigenvalue weighted by Crippen LogP contribution is 2.67. The number of aldehydes is 1. The second-order valence-electron chi connectivity index (χ2n) is 7.97. The van der Waals surface area contributed by atoms with Crippen molar-refractivity contribution in [3.8, 4) is 5.75 Å². The van der Waals surface area contributed by atoms with Crippen LogP contribution in [-0.4, -0.2) is 26.6 Å². The summed E-state index contributed by atoms with van der Waals surface area (Å²) < 4.78 is 36.8. The lowest BCUT2D eigenvalue weighted by atomic mass is 9.97. The van der Waals surface area contributed by atoms with Crippen molar-refractivity contribution in [2.75, 3.05) is 20.3 Å². The number of hydrogen-bond acceptors (Lipinski definition) is 6. The van der Waals surface area contributed by atoms with Gasteiger partial charge in [0.1, 0.15) is 11.9 Å². The van der Waals surface area contributed by atoms with Crippen LogP contribution in [0.5, 0.6) is 5.75 Å². The van der Waals surface area contributed by atoms with Crippen molar-refractivity contribution < 1.29 is 27.6 Å². The minimum absolute atomic E-state index is 0.221. The lowest BCUT2D eigenvalue weighted by Gasteiger charge is -2.37. The van der Waals surface area contributed by atoms with Crippen LogP contribution < -0.4 is 4.74 Å². The summed E-state index contributed by atoms with van der Waals surface area (Å²) in [5.41, 5.74) is 1.44. The molecule has 7 heteroatoms. The number of carbonyl (C=O) groups excluding carboxylic acids is 1. The Kier molecular flexibility index (Phi) is 5.11. The molecular formula is C22H23O6P. The molecule has 3 aromatic rings. The first-order chi connectivity index (χ1) is 13.9. The van der Waals surface area contributed by atoms with Gasteiger partial charge < -0.3 is 18.2 Å². The molecule has 1 unspecified atom stereocenters. The fraction of sp³-hybridized carbons (Fsp3) is 0.318. The summed E-state index contributed by atoms with van der Waals surface area (Å²) in [6, 6.07) is 12.7. The summed E-state index contributed by atoms with van der Waals surface area (Å²) in [6.07, 6.45) is 2.29. The topological polar surface area (TPSA) is 75.0 Å². The highest BCUT2D eigenvalue weighted by molar-refractivity contribution is 7.54. The van der Waals surface area contributed by atoms with E-state index in [0.29, 0.717) is 41.1 Å². The number of ether oxygens (including phenoxy) is 1. The molecule has 1 aliphatic rings. The molecule has 4 rings (SSSR count). The maximum atomic E-state index is 13.9. The van der Waals surface area contributed by atoms with Crippen LogP contribution in [0.15, 0.2) is 53.1 Å². The molecular weight excluding hydrogens is 391 g/mol. The zero-order valence-corrected chi connectivity index (χ0v) is 17.5. The van der Waals surface area contributed by atoms with Gasteiger partial charge in [-0.05, 0) is 17.7 Å². The second kappa shape index (κ2) is 7.45. The van der Waals surface area contributed by atoms with E-state index in [-0.39, 0.29) is 5.41 Å². The van der Waals surface area contributed by atoms with Crippen molar-refractivity contribution in [3.05, 3.63) is 65.4 Å². The molecule has 0 bridgehead atoms. The molecule has 1 fully saturated rings. The van der Waals surface area contributed by atoms with Gasteiger partial charge in [0.2, 0.25) is 0 Å². The maximum Gasteiger partial charge on any atom is 0.342 e. The van der Waals surface area contributed by atoms with E-state index in [0.717, 1.165) is 11.8 Å². The fourth-order valence-electron chi connectivity index (χ4n) is 3.50. The predicted octanol–water partition coefficient (Wildman–Crippen LogP) is 5.61. The molecule has 1 saturated heterocycles. The highest BCUT2D eigenvalue weighted by Gasteiger charge is 2.45. The monoisotopic (exact) mass is 414 g/mol. The van der Waals surface area contributed by atoms with Gasteiger partial charge in [-0.15, -0.1) is 0 Å². The van der Waals surface area contributed by atoms with Gasteiger partial charge >= 0.3 is 7.60 Å². The van der Waals surface area contributed by atoms with Crippen LogP contribution >= 0.6 is 7.60 Å². The Morgan fingerprint density at radius 2 is 1.83 bits per heavy atom. The Balaban J connectivity index is 1.91.